The van der Waals surface area contributed by atoms with E-state index < -0.39 is 0 Å². The molecule has 0 unspecified atom stereocenters. The average Bonchev–Trinajstić information content (AvgIpc) is 3.05. The fraction of sp³-hybridized carbons (Fsp3) is 0.217. The molecule has 142 valence electrons. The molecule has 5 heteroatoms. The summed E-state index contributed by atoms with van der Waals surface area (Å²) in [7, 11) is 0. The van der Waals surface area contributed by atoms with E-state index in [1.165, 1.54) is 5.56 Å². The maximum absolute atomic E-state index is 6.02. The van der Waals surface area contributed by atoms with Crippen LogP contribution < -0.4 is 4.74 Å². The van der Waals surface area contributed by atoms with E-state index in [9.17, 15) is 0 Å². The molecule has 0 spiro atoms. The first-order valence-electron chi connectivity index (χ1n) is 9.46. The highest BCUT2D eigenvalue weighted by Gasteiger charge is 2.14. The molecule has 0 fully saturated rings. The second-order valence-corrected chi connectivity index (χ2v) is 6.61. The summed E-state index contributed by atoms with van der Waals surface area (Å²) < 4.78 is 14.1. The first-order valence-corrected chi connectivity index (χ1v) is 9.46. The van der Waals surface area contributed by atoms with Crippen LogP contribution in [-0.4, -0.2) is 27.7 Å². The van der Waals surface area contributed by atoms with E-state index in [4.69, 9.17) is 9.47 Å². The van der Waals surface area contributed by atoms with E-state index in [0.29, 0.717) is 19.1 Å². The minimum absolute atomic E-state index is 0.564. The predicted octanol–water partition coefficient (Wildman–Crippen LogP) is 4.79. The summed E-state index contributed by atoms with van der Waals surface area (Å²) in [6.07, 6.45) is 2.46. The number of hydrogen-bond acceptors (Lipinski definition) is 4. The van der Waals surface area contributed by atoms with E-state index in [0.717, 1.165) is 35.4 Å². The van der Waals surface area contributed by atoms with Crippen LogP contribution in [0, 0.1) is 6.92 Å². The van der Waals surface area contributed by atoms with Gasteiger partial charge in [-0.3, -0.25) is 0 Å². The van der Waals surface area contributed by atoms with Crippen molar-refractivity contribution in [2.24, 2.45) is 0 Å². The fourth-order valence-corrected chi connectivity index (χ4v) is 3.24. The standard InChI is InChI=1S/C23H23N3O2/c1-18-16-21-22(23(25-17-24-21)28-20-10-6-3-7-11-20)26(18)13-15-27-14-12-19-8-4-2-5-9-19/h2-11,16-17H,12-15H2,1H3. The van der Waals surface area contributed by atoms with Gasteiger partial charge in [-0.15, -0.1) is 0 Å². The van der Waals surface area contributed by atoms with Gasteiger partial charge in [0.1, 0.15) is 17.6 Å². The van der Waals surface area contributed by atoms with Gasteiger partial charge < -0.3 is 14.0 Å². The molecule has 4 aromatic rings. The molecule has 0 radical (unpaired) electrons. The molecule has 4 rings (SSSR count). The van der Waals surface area contributed by atoms with Gasteiger partial charge in [-0.25, -0.2) is 4.98 Å². The minimum atomic E-state index is 0.564. The summed E-state index contributed by atoms with van der Waals surface area (Å²) in [5.74, 6) is 1.32. The van der Waals surface area contributed by atoms with Crippen LogP contribution in [0.15, 0.2) is 73.1 Å². The Bertz CT molecular complexity index is 1030. The quantitative estimate of drug-likeness (QED) is 0.417. The number of aromatic nitrogens is 3. The van der Waals surface area contributed by atoms with Gasteiger partial charge in [0.25, 0.3) is 0 Å². The molecular weight excluding hydrogens is 350 g/mol. The molecule has 2 aromatic heterocycles. The second-order valence-electron chi connectivity index (χ2n) is 6.61. The van der Waals surface area contributed by atoms with Crippen molar-refractivity contribution in [3.63, 3.8) is 0 Å². The van der Waals surface area contributed by atoms with Gasteiger partial charge >= 0.3 is 0 Å². The smallest absolute Gasteiger partial charge is 0.247 e. The topological polar surface area (TPSA) is 49.2 Å². The monoisotopic (exact) mass is 373 g/mol. The van der Waals surface area contributed by atoms with Crippen LogP contribution in [0.2, 0.25) is 0 Å². The molecule has 0 saturated carbocycles. The largest absolute Gasteiger partial charge is 0.437 e. The molecule has 0 aliphatic heterocycles. The Morgan fingerprint density at radius 1 is 0.893 bits per heavy atom. The average molecular weight is 373 g/mol. The zero-order valence-corrected chi connectivity index (χ0v) is 15.9. The van der Waals surface area contributed by atoms with Crippen LogP contribution in [0.3, 0.4) is 0 Å². The summed E-state index contributed by atoms with van der Waals surface area (Å²) in [4.78, 5) is 8.76. The van der Waals surface area contributed by atoms with Gasteiger partial charge in [-0.2, -0.15) is 4.98 Å². The summed E-state index contributed by atoms with van der Waals surface area (Å²) >= 11 is 0. The number of para-hydroxylation sites is 1. The molecule has 5 nitrogen and oxygen atoms in total. The van der Waals surface area contributed by atoms with Crippen LogP contribution in [0.5, 0.6) is 11.6 Å². The third-order valence-corrected chi connectivity index (χ3v) is 4.65. The van der Waals surface area contributed by atoms with Crippen LogP contribution in [0.1, 0.15) is 11.3 Å². The number of fused-ring (bicyclic) bond motifs is 1. The molecule has 0 saturated heterocycles. The number of nitrogens with zero attached hydrogens (tertiary/aromatic N) is 3. The van der Waals surface area contributed by atoms with Crippen molar-refractivity contribution in [2.45, 2.75) is 19.9 Å². The van der Waals surface area contributed by atoms with Gasteiger partial charge in [0.05, 0.1) is 18.7 Å². The van der Waals surface area contributed by atoms with Crippen molar-refractivity contribution in [3.05, 3.63) is 84.3 Å². The third-order valence-electron chi connectivity index (χ3n) is 4.65. The number of aryl methyl sites for hydroxylation is 1. The molecule has 28 heavy (non-hydrogen) atoms. The molecule has 0 aliphatic rings. The Balaban J connectivity index is 1.45. The second kappa shape index (κ2) is 8.67. The zero-order valence-electron chi connectivity index (χ0n) is 15.9. The van der Waals surface area contributed by atoms with Crippen molar-refractivity contribution in [1.29, 1.82) is 0 Å². The van der Waals surface area contributed by atoms with Gasteiger partial charge in [-0.1, -0.05) is 48.5 Å². The van der Waals surface area contributed by atoms with Crippen LogP contribution in [0.25, 0.3) is 11.0 Å². The van der Waals surface area contributed by atoms with Crippen molar-refractivity contribution in [1.82, 2.24) is 14.5 Å². The number of ether oxygens (including phenoxy) is 2. The lowest BCUT2D eigenvalue weighted by Crippen LogP contribution is -2.09. The molecule has 0 N–H and O–H groups in total. The Hall–Kier alpha value is -3.18. The van der Waals surface area contributed by atoms with Gasteiger partial charge in [0, 0.05) is 12.2 Å². The lowest BCUT2D eigenvalue weighted by atomic mass is 10.2. The maximum Gasteiger partial charge on any atom is 0.247 e. The van der Waals surface area contributed by atoms with Crippen LogP contribution in [0.4, 0.5) is 0 Å². The van der Waals surface area contributed by atoms with E-state index in [2.05, 4.69) is 51.8 Å². The van der Waals surface area contributed by atoms with Crippen LogP contribution in [-0.2, 0) is 17.7 Å². The summed E-state index contributed by atoms with van der Waals surface area (Å²) in [6, 6.07) is 22.1. The van der Waals surface area contributed by atoms with Crippen molar-refractivity contribution in [3.8, 4) is 11.6 Å². The molecule has 2 aromatic carbocycles. The SMILES string of the molecule is Cc1cc2ncnc(Oc3ccccc3)c2n1CCOCCc1ccccc1. The predicted molar refractivity (Wildman–Crippen MR) is 110 cm³/mol. The normalized spacial score (nSPS) is 11.0. The van der Waals surface area contributed by atoms with Gasteiger partial charge in [-0.05, 0) is 37.1 Å². The number of rotatable bonds is 8. The molecule has 0 amide bonds. The first-order chi connectivity index (χ1) is 13.8. The number of benzene rings is 2. The molecule has 2 heterocycles. The van der Waals surface area contributed by atoms with E-state index in [1.54, 1.807) is 6.33 Å². The molecule has 0 bridgehead atoms. The Labute approximate surface area is 164 Å². The Morgan fingerprint density at radius 3 is 2.43 bits per heavy atom. The lowest BCUT2D eigenvalue weighted by molar-refractivity contribution is 0.129. The van der Waals surface area contributed by atoms with Crippen molar-refractivity contribution in [2.75, 3.05) is 13.2 Å². The van der Waals surface area contributed by atoms with E-state index >= 15 is 0 Å². The van der Waals surface area contributed by atoms with Gasteiger partial charge in [0.2, 0.25) is 5.88 Å². The maximum atomic E-state index is 6.02. The van der Waals surface area contributed by atoms with Crippen molar-refractivity contribution < 1.29 is 9.47 Å². The highest BCUT2D eigenvalue weighted by molar-refractivity contribution is 5.81. The van der Waals surface area contributed by atoms with Crippen LogP contribution >= 0.6 is 0 Å². The van der Waals surface area contributed by atoms with E-state index in [1.807, 2.05) is 36.4 Å². The summed E-state index contributed by atoms with van der Waals surface area (Å²) in [5.41, 5.74) is 4.18. The minimum Gasteiger partial charge on any atom is -0.437 e. The number of hydrogen-bond donors (Lipinski definition) is 0. The molecule has 0 atom stereocenters. The van der Waals surface area contributed by atoms with E-state index in [-0.39, 0.29) is 0 Å². The molecular formula is C23H23N3O2. The Morgan fingerprint density at radius 2 is 1.64 bits per heavy atom. The summed E-state index contributed by atoms with van der Waals surface area (Å²) in [5, 5.41) is 0. The summed E-state index contributed by atoms with van der Waals surface area (Å²) in [6.45, 7) is 4.11. The molecule has 0 aliphatic carbocycles. The van der Waals surface area contributed by atoms with Crippen molar-refractivity contribution >= 4 is 11.0 Å². The lowest BCUT2D eigenvalue weighted by Gasteiger charge is -2.12. The van der Waals surface area contributed by atoms with Gasteiger partial charge in [0.15, 0.2) is 0 Å². The third kappa shape index (κ3) is 4.21. The Kier molecular flexibility index (Phi) is 5.64. The first kappa shape index (κ1) is 18.2. The fourth-order valence-electron chi connectivity index (χ4n) is 3.24. The zero-order chi connectivity index (χ0) is 19.2. The highest BCUT2D eigenvalue weighted by atomic mass is 16.5. The highest BCUT2D eigenvalue weighted by Crippen LogP contribution is 2.28.